The lowest BCUT2D eigenvalue weighted by atomic mass is 9.94. The highest BCUT2D eigenvalue weighted by molar-refractivity contribution is 5.29. The maximum Gasteiger partial charge on any atom is 0.0631 e. The van der Waals surface area contributed by atoms with Gasteiger partial charge in [-0.15, -0.1) is 0 Å². The summed E-state index contributed by atoms with van der Waals surface area (Å²) in [5.41, 5.74) is 4.07. The molecule has 0 saturated heterocycles. The average Bonchev–Trinajstić information content (AvgIpc) is 2.66. The van der Waals surface area contributed by atoms with Crippen molar-refractivity contribution in [1.82, 2.24) is 15.1 Å². The molecule has 1 aromatic rings. The molecule has 1 aromatic heterocycles. The highest BCUT2D eigenvalue weighted by atomic mass is 15.3. The fourth-order valence-corrected chi connectivity index (χ4v) is 3.48. The third-order valence-corrected chi connectivity index (χ3v) is 4.30. The van der Waals surface area contributed by atoms with Crippen LogP contribution in [0, 0.1) is 13.8 Å². The summed E-state index contributed by atoms with van der Waals surface area (Å²) in [6, 6.07) is 0.646. The minimum atomic E-state index is 0.548. The Bertz CT molecular complexity index is 389. The van der Waals surface area contributed by atoms with Gasteiger partial charge in [0, 0.05) is 17.8 Å². The number of hydrogen-bond donors (Lipinski definition) is 1. The molecular weight excluding hydrogens is 222 g/mol. The van der Waals surface area contributed by atoms with Gasteiger partial charge in [0.2, 0.25) is 0 Å². The van der Waals surface area contributed by atoms with E-state index in [0.29, 0.717) is 12.0 Å². The van der Waals surface area contributed by atoms with E-state index in [1.165, 1.54) is 49.1 Å². The van der Waals surface area contributed by atoms with E-state index in [1.54, 1.807) is 0 Å². The molecule has 1 N–H and O–H groups in total. The molecule has 0 spiro atoms. The Kier molecular flexibility index (Phi) is 4.44. The third kappa shape index (κ3) is 2.61. The maximum absolute atomic E-state index is 4.83. The lowest BCUT2D eigenvalue weighted by Gasteiger charge is -2.23. The highest BCUT2D eigenvalue weighted by Crippen LogP contribution is 2.32. The van der Waals surface area contributed by atoms with Gasteiger partial charge in [-0.25, -0.2) is 0 Å². The average molecular weight is 249 g/mol. The number of aryl methyl sites for hydroxylation is 1. The Morgan fingerprint density at radius 3 is 2.56 bits per heavy atom. The van der Waals surface area contributed by atoms with Gasteiger partial charge in [-0.1, -0.05) is 26.2 Å². The van der Waals surface area contributed by atoms with E-state index in [0.717, 1.165) is 6.54 Å². The van der Waals surface area contributed by atoms with E-state index >= 15 is 0 Å². The summed E-state index contributed by atoms with van der Waals surface area (Å²) in [6.45, 7) is 7.72. The van der Waals surface area contributed by atoms with Gasteiger partial charge in [0.15, 0.2) is 0 Å². The number of likely N-dealkylation sites (N-methyl/N-ethyl adjacent to an activating group) is 1. The van der Waals surface area contributed by atoms with Crippen molar-refractivity contribution in [2.75, 3.05) is 13.6 Å². The Morgan fingerprint density at radius 1 is 1.28 bits per heavy atom. The SMILES string of the molecule is CNCC(C)c1c(C)nn(C2CCCCC2)c1C. The lowest BCUT2D eigenvalue weighted by Crippen LogP contribution is -2.17. The second kappa shape index (κ2) is 5.87. The molecule has 0 aromatic carbocycles. The van der Waals surface area contributed by atoms with E-state index in [1.807, 2.05) is 7.05 Å². The Labute approximate surface area is 111 Å². The molecule has 1 aliphatic rings. The number of rotatable bonds is 4. The fourth-order valence-electron chi connectivity index (χ4n) is 3.48. The predicted molar refractivity (Wildman–Crippen MR) is 76.2 cm³/mol. The van der Waals surface area contributed by atoms with Crippen molar-refractivity contribution >= 4 is 0 Å². The first kappa shape index (κ1) is 13.6. The lowest BCUT2D eigenvalue weighted by molar-refractivity contribution is 0.323. The first-order chi connectivity index (χ1) is 8.65. The number of nitrogens with one attached hydrogen (secondary N) is 1. The Morgan fingerprint density at radius 2 is 1.94 bits per heavy atom. The predicted octanol–water partition coefficient (Wildman–Crippen LogP) is 3.33. The Hall–Kier alpha value is -0.830. The molecular formula is C15H27N3. The summed E-state index contributed by atoms with van der Waals surface area (Å²) in [6.07, 6.45) is 6.75. The summed E-state index contributed by atoms with van der Waals surface area (Å²) in [5, 5.41) is 8.10. The summed E-state index contributed by atoms with van der Waals surface area (Å²) in [7, 11) is 2.02. The quantitative estimate of drug-likeness (QED) is 0.887. The minimum absolute atomic E-state index is 0.548. The number of aromatic nitrogens is 2. The zero-order chi connectivity index (χ0) is 13.1. The van der Waals surface area contributed by atoms with Gasteiger partial charge in [0.25, 0.3) is 0 Å². The van der Waals surface area contributed by atoms with Crippen LogP contribution in [-0.4, -0.2) is 23.4 Å². The Balaban J connectivity index is 2.24. The normalized spacial score (nSPS) is 19.1. The molecule has 1 atom stereocenters. The van der Waals surface area contributed by atoms with Crippen LogP contribution in [0.15, 0.2) is 0 Å². The van der Waals surface area contributed by atoms with Crippen LogP contribution in [0.3, 0.4) is 0 Å². The van der Waals surface area contributed by atoms with Crippen molar-refractivity contribution in [3.05, 3.63) is 17.0 Å². The standard InChI is InChI=1S/C15H27N3/c1-11(10-16-4)15-12(2)17-18(13(15)3)14-8-6-5-7-9-14/h11,14,16H,5-10H2,1-4H3. The van der Waals surface area contributed by atoms with Gasteiger partial charge in [-0.05, 0) is 39.7 Å². The molecule has 1 aliphatic carbocycles. The smallest absolute Gasteiger partial charge is 0.0631 e. The molecule has 0 radical (unpaired) electrons. The van der Waals surface area contributed by atoms with Crippen molar-refractivity contribution in [1.29, 1.82) is 0 Å². The highest BCUT2D eigenvalue weighted by Gasteiger charge is 2.22. The van der Waals surface area contributed by atoms with Crippen molar-refractivity contribution in [2.45, 2.75) is 64.8 Å². The molecule has 0 bridgehead atoms. The number of nitrogens with zero attached hydrogens (tertiary/aromatic N) is 2. The van der Waals surface area contributed by atoms with Crippen LogP contribution in [0.25, 0.3) is 0 Å². The first-order valence-electron chi connectivity index (χ1n) is 7.35. The molecule has 18 heavy (non-hydrogen) atoms. The topological polar surface area (TPSA) is 29.9 Å². The summed E-state index contributed by atoms with van der Waals surface area (Å²) in [5.74, 6) is 0.548. The van der Waals surface area contributed by atoms with Crippen LogP contribution in [0.4, 0.5) is 0 Å². The van der Waals surface area contributed by atoms with Crippen molar-refractivity contribution < 1.29 is 0 Å². The molecule has 1 saturated carbocycles. The zero-order valence-corrected chi connectivity index (χ0v) is 12.3. The van der Waals surface area contributed by atoms with E-state index in [9.17, 15) is 0 Å². The van der Waals surface area contributed by atoms with Crippen LogP contribution in [0.5, 0.6) is 0 Å². The molecule has 1 fully saturated rings. The van der Waals surface area contributed by atoms with E-state index < -0.39 is 0 Å². The van der Waals surface area contributed by atoms with Gasteiger partial charge >= 0.3 is 0 Å². The van der Waals surface area contributed by atoms with Crippen molar-refractivity contribution in [3.8, 4) is 0 Å². The molecule has 1 heterocycles. The molecule has 1 unspecified atom stereocenters. The van der Waals surface area contributed by atoms with Crippen molar-refractivity contribution in [3.63, 3.8) is 0 Å². The minimum Gasteiger partial charge on any atom is -0.319 e. The summed E-state index contributed by atoms with van der Waals surface area (Å²) >= 11 is 0. The number of hydrogen-bond acceptors (Lipinski definition) is 2. The second-order valence-corrected chi connectivity index (χ2v) is 5.78. The van der Waals surface area contributed by atoms with Gasteiger partial charge < -0.3 is 5.32 Å². The molecule has 3 nitrogen and oxygen atoms in total. The molecule has 3 heteroatoms. The summed E-state index contributed by atoms with van der Waals surface area (Å²) < 4.78 is 2.32. The van der Waals surface area contributed by atoms with E-state index in [4.69, 9.17) is 5.10 Å². The largest absolute Gasteiger partial charge is 0.319 e. The molecule has 0 aliphatic heterocycles. The maximum atomic E-state index is 4.83. The van der Waals surface area contributed by atoms with Crippen LogP contribution in [0.1, 0.15) is 67.9 Å². The van der Waals surface area contributed by atoms with Crippen LogP contribution in [0.2, 0.25) is 0 Å². The van der Waals surface area contributed by atoms with Crippen LogP contribution in [-0.2, 0) is 0 Å². The zero-order valence-electron chi connectivity index (χ0n) is 12.3. The molecule has 2 rings (SSSR count). The first-order valence-corrected chi connectivity index (χ1v) is 7.35. The summed E-state index contributed by atoms with van der Waals surface area (Å²) in [4.78, 5) is 0. The van der Waals surface area contributed by atoms with E-state index in [2.05, 4.69) is 30.8 Å². The van der Waals surface area contributed by atoms with E-state index in [-0.39, 0.29) is 0 Å². The monoisotopic (exact) mass is 249 g/mol. The van der Waals surface area contributed by atoms with Gasteiger partial charge in [-0.3, -0.25) is 4.68 Å². The van der Waals surface area contributed by atoms with Gasteiger partial charge in [0.05, 0.1) is 11.7 Å². The molecule has 102 valence electrons. The van der Waals surface area contributed by atoms with Crippen LogP contribution < -0.4 is 5.32 Å². The van der Waals surface area contributed by atoms with Crippen LogP contribution >= 0.6 is 0 Å². The van der Waals surface area contributed by atoms with Gasteiger partial charge in [0.1, 0.15) is 0 Å². The second-order valence-electron chi connectivity index (χ2n) is 5.78. The van der Waals surface area contributed by atoms with Gasteiger partial charge in [-0.2, -0.15) is 5.10 Å². The fraction of sp³-hybridized carbons (Fsp3) is 0.800. The van der Waals surface area contributed by atoms with Crippen molar-refractivity contribution in [2.24, 2.45) is 0 Å². The third-order valence-electron chi connectivity index (χ3n) is 4.30. The molecule has 0 amide bonds.